The van der Waals surface area contributed by atoms with E-state index >= 15 is 0 Å². The van der Waals surface area contributed by atoms with Crippen LogP contribution in [0.2, 0.25) is 0 Å². The first-order chi connectivity index (χ1) is 7.13. The van der Waals surface area contributed by atoms with Gasteiger partial charge in [0.2, 0.25) is 0 Å². The highest BCUT2D eigenvalue weighted by Gasteiger charge is 2.02. The molecule has 0 radical (unpaired) electrons. The number of carbonyl (C=O) groups is 1. The van der Waals surface area contributed by atoms with Crippen molar-refractivity contribution in [2.24, 2.45) is 0 Å². The molecule has 0 heterocycles. The number of ketones is 1. The van der Waals surface area contributed by atoms with Crippen molar-refractivity contribution in [3.8, 4) is 0 Å². The summed E-state index contributed by atoms with van der Waals surface area (Å²) in [7, 11) is 1.94. The SMILES string of the molecule is CCCc1ccc(N(C)CC(C)=O)cc1. The topological polar surface area (TPSA) is 20.3 Å². The summed E-state index contributed by atoms with van der Waals surface area (Å²) in [6, 6.07) is 8.42. The van der Waals surface area contributed by atoms with Gasteiger partial charge in [-0.3, -0.25) is 4.79 Å². The first-order valence-corrected chi connectivity index (χ1v) is 5.43. The summed E-state index contributed by atoms with van der Waals surface area (Å²) >= 11 is 0. The number of Topliss-reactive ketones (excluding diaryl/α,β-unsaturated/α-hetero) is 1. The quantitative estimate of drug-likeness (QED) is 0.736. The van der Waals surface area contributed by atoms with Crippen LogP contribution in [0.4, 0.5) is 5.69 Å². The molecular weight excluding hydrogens is 186 g/mol. The highest BCUT2D eigenvalue weighted by molar-refractivity contribution is 5.80. The monoisotopic (exact) mass is 205 g/mol. The molecule has 0 amide bonds. The van der Waals surface area contributed by atoms with Gasteiger partial charge in [0, 0.05) is 12.7 Å². The lowest BCUT2D eigenvalue weighted by atomic mass is 10.1. The molecule has 0 unspecified atom stereocenters. The molecule has 0 atom stereocenters. The van der Waals surface area contributed by atoms with E-state index in [0.717, 1.165) is 12.1 Å². The fourth-order valence-corrected chi connectivity index (χ4v) is 1.63. The van der Waals surface area contributed by atoms with Gasteiger partial charge in [0.05, 0.1) is 6.54 Å². The molecule has 0 aliphatic heterocycles. The van der Waals surface area contributed by atoms with Gasteiger partial charge in [-0.2, -0.15) is 0 Å². The Labute approximate surface area is 91.9 Å². The minimum absolute atomic E-state index is 0.190. The molecule has 2 nitrogen and oxygen atoms in total. The third-order valence-corrected chi connectivity index (χ3v) is 2.38. The van der Waals surface area contributed by atoms with Crippen molar-refractivity contribution >= 4 is 11.5 Å². The second-order valence-corrected chi connectivity index (χ2v) is 3.97. The van der Waals surface area contributed by atoms with Crippen molar-refractivity contribution in [1.82, 2.24) is 0 Å². The second-order valence-electron chi connectivity index (χ2n) is 3.97. The Balaban J connectivity index is 2.66. The molecule has 0 aliphatic rings. The normalized spacial score (nSPS) is 10.1. The number of nitrogens with zero attached hydrogens (tertiary/aromatic N) is 1. The molecule has 82 valence electrons. The van der Waals surface area contributed by atoms with E-state index in [0.29, 0.717) is 6.54 Å². The van der Waals surface area contributed by atoms with Crippen LogP contribution in [0.5, 0.6) is 0 Å². The number of benzene rings is 1. The third-order valence-electron chi connectivity index (χ3n) is 2.38. The number of aryl methyl sites for hydroxylation is 1. The van der Waals surface area contributed by atoms with Gasteiger partial charge in [-0.15, -0.1) is 0 Å². The third kappa shape index (κ3) is 3.74. The second kappa shape index (κ2) is 5.54. The van der Waals surface area contributed by atoms with Gasteiger partial charge in [-0.05, 0) is 31.0 Å². The van der Waals surface area contributed by atoms with Crippen LogP contribution >= 0.6 is 0 Å². The average Bonchev–Trinajstić information content (AvgIpc) is 2.18. The summed E-state index contributed by atoms with van der Waals surface area (Å²) in [5.74, 6) is 0.190. The summed E-state index contributed by atoms with van der Waals surface area (Å²) in [6.07, 6.45) is 2.29. The summed E-state index contributed by atoms with van der Waals surface area (Å²) in [5.41, 5.74) is 2.46. The van der Waals surface area contributed by atoms with Crippen LogP contribution in [0.25, 0.3) is 0 Å². The van der Waals surface area contributed by atoms with Gasteiger partial charge in [0.25, 0.3) is 0 Å². The molecular formula is C13H19NO. The summed E-state index contributed by atoms with van der Waals surface area (Å²) in [6.45, 7) is 4.27. The fourth-order valence-electron chi connectivity index (χ4n) is 1.63. The van der Waals surface area contributed by atoms with Gasteiger partial charge in [-0.1, -0.05) is 25.5 Å². The molecule has 1 aromatic rings. The predicted molar refractivity (Wildman–Crippen MR) is 64.4 cm³/mol. The first kappa shape index (κ1) is 11.8. The van der Waals surface area contributed by atoms with Gasteiger partial charge in [0.15, 0.2) is 0 Å². The van der Waals surface area contributed by atoms with Crippen molar-refractivity contribution in [3.63, 3.8) is 0 Å². The lowest BCUT2D eigenvalue weighted by Crippen LogP contribution is -2.23. The molecule has 0 N–H and O–H groups in total. The van der Waals surface area contributed by atoms with Gasteiger partial charge in [-0.25, -0.2) is 0 Å². The zero-order valence-electron chi connectivity index (χ0n) is 9.79. The molecule has 15 heavy (non-hydrogen) atoms. The molecule has 0 aliphatic carbocycles. The molecule has 0 spiro atoms. The maximum Gasteiger partial charge on any atom is 0.149 e. The van der Waals surface area contributed by atoms with E-state index in [1.807, 2.05) is 11.9 Å². The van der Waals surface area contributed by atoms with Crippen LogP contribution in [0.15, 0.2) is 24.3 Å². The average molecular weight is 205 g/mol. The van der Waals surface area contributed by atoms with Gasteiger partial charge < -0.3 is 4.90 Å². The first-order valence-electron chi connectivity index (χ1n) is 5.43. The number of anilines is 1. The molecule has 0 bridgehead atoms. The number of likely N-dealkylation sites (N-methyl/N-ethyl adjacent to an activating group) is 1. The van der Waals surface area contributed by atoms with Gasteiger partial charge >= 0.3 is 0 Å². The highest BCUT2D eigenvalue weighted by Crippen LogP contribution is 2.14. The van der Waals surface area contributed by atoms with Crippen molar-refractivity contribution < 1.29 is 4.79 Å². The molecule has 0 aromatic heterocycles. The van der Waals surface area contributed by atoms with Crippen molar-refractivity contribution in [1.29, 1.82) is 0 Å². The van der Waals surface area contributed by atoms with Crippen molar-refractivity contribution in [3.05, 3.63) is 29.8 Å². The zero-order chi connectivity index (χ0) is 11.3. The number of carbonyl (C=O) groups excluding carboxylic acids is 1. The molecule has 1 aromatic carbocycles. The van der Waals surface area contributed by atoms with Crippen LogP contribution in [-0.2, 0) is 11.2 Å². The van der Waals surface area contributed by atoms with E-state index in [-0.39, 0.29) is 5.78 Å². The molecule has 0 saturated heterocycles. The number of hydrogen-bond donors (Lipinski definition) is 0. The maximum atomic E-state index is 11.0. The van der Waals surface area contributed by atoms with Crippen LogP contribution in [0.1, 0.15) is 25.8 Å². The zero-order valence-corrected chi connectivity index (χ0v) is 9.79. The lowest BCUT2D eigenvalue weighted by molar-refractivity contribution is -0.115. The summed E-state index contributed by atoms with van der Waals surface area (Å²) < 4.78 is 0. The van der Waals surface area contributed by atoms with Gasteiger partial charge in [0.1, 0.15) is 5.78 Å². The highest BCUT2D eigenvalue weighted by atomic mass is 16.1. The van der Waals surface area contributed by atoms with E-state index < -0.39 is 0 Å². The van der Waals surface area contributed by atoms with E-state index in [2.05, 4.69) is 31.2 Å². The Kier molecular flexibility index (Phi) is 4.35. The van der Waals surface area contributed by atoms with Crippen molar-refractivity contribution in [2.45, 2.75) is 26.7 Å². The molecule has 1 rings (SSSR count). The minimum atomic E-state index is 0.190. The van der Waals surface area contributed by atoms with E-state index in [1.54, 1.807) is 6.92 Å². The van der Waals surface area contributed by atoms with Crippen molar-refractivity contribution in [2.75, 3.05) is 18.5 Å². The summed E-state index contributed by atoms with van der Waals surface area (Å²) in [4.78, 5) is 12.9. The van der Waals surface area contributed by atoms with Crippen LogP contribution in [-0.4, -0.2) is 19.4 Å². The Morgan fingerprint density at radius 1 is 1.27 bits per heavy atom. The Hall–Kier alpha value is -1.31. The summed E-state index contributed by atoms with van der Waals surface area (Å²) in [5, 5.41) is 0. The smallest absolute Gasteiger partial charge is 0.149 e. The largest absolute Gasteiger partial charge is 0.367 e. The number of rotatable bonds is 5. The molecule has 0 saturated carbocycles. The number of hydrogen-bond acceptors (Lipinski definition) is 2. The van der Waals surface area contributed by atoms with Crippen LogP contribution in [0, 0.1) is 0 Å². The van der Waals surface area contributed by atoms with Crippen LogP contribution in [0.3, 0.4) is 0 Å². The Bertz CT molecular complexity index is 316. The van der Waals surface area contributed by atoms with E-state index in [9.17, 15) is 4.79 Å². The Morgan fingerprint density at radius 3 is 2.33 bits per heavy atom. The lowest BCUT2D eigenvalue weighted by Gasteiger charge is -2.17. The molecule has 0 fully saturated rings. The maximum absolute atomic E-state index is 11.0. The van der Waals surface area contributed by atoms with Crippen LogP contribution < -0.4 is 4.90 Å². The van der Waals surface area contributed by atoms with E-state index in [1.165, 1.54) is 12.0 Å². The Morgan fingerprint density at radius 2 is 1.87 bits per heavy atom. The van der Waals surface area contributed by atoms with E-state index in [4.69, 9.17) is 0 Å². The standard InChI is InChI=1S/C13H19NO/c1-4-5-12-6-8-13(9-7-12)14(3)10-11(2)15/h6-9H,4-5,10H2,1-3H3. The predicted octanol–water partition coefficient (Wildman–Crippen LogP) is 2.66. The molecule has 2 heteroatoms. The minimum Gasteiger partial charge on any atom is -0.367 e. The fraction of sp³-hybridized carbons (Fsp3) is 0.462.